The molecule has 0 radical (unpaired) electrons. The van der Waals surface area contributed by atoms with Gasteiger partial charge in [0.1, 0.15) is 5.75 Å². The number of phenolic OH excluding ortho intramolecular Hbond substituents is 1. The number of hydrogen-bond acceptors (Lipinski definition) is 4. The Morgan fingerprint density at radius 3 is 2.52 bits per heavy atom. The second-order valence-corrected chi connectivity index (χ2v) is 4.34. The van der Waals surface area contributed by atoms with E-state index in [2.05, 4.69) is 20.7 Å². The number of benzene rings is 1. The van der Waals surface area contributed by atoms with Crippen molar-refractivity contribution in [3.8, 4) is 5.75 Å². The topological polar surface area (TPSA) is 127 Å². The third-order valence-corrected chi connectivity index (χ3v) is 2.65. The molecule has 0 aromatic heterocycles. The summed E-state index contributed by atoms with van der Waals surface area (Å²) in [5, 5.41) is 18.4. The van der Waals surface area contributed by atoms with Gasteiger partial charge in [0.15, 0.2) is 0 Å². The third-order valence-electron chi connectivity index (χ3n) is 2.65. The maximum Gasteiger partial charge on any atom is 0.255 e. The van der Waals surface area contributed by atoms with Gasteiger partial charge in [-0.3, -0.25) is 9.59 Å². The van der Waals surface area contributed by atoms with E-state index in [-0.39, 0.29) is 22.9 Å². The number of carbonyl (C=O) groups excluding carboxylic acids is 2. The summed E-state index contributed by atoms with van der Waals surface area (Å²) in [7, 11) is 0. The number of unbranched alkanes of at least 4 members (excludes halogenated alkanes) is 1. The van der Waals surface area contributed by atoms with E-state index in [1.54, 1.807) is 0 Å². The quantitative estimate of drug-likeness (QED) is 0.307. The molecule has 8 heteroatoms. The number of azide groups is 1. The summed E-state index contributed by atoms with van der Waals surface area (Å²) >= 11 is 0. The van der Waals surface area contributed by atoms with Crippen molar-refractivity contribution in [3.63, 3.8) is 0 Å². The van der Waals surface area contributed by atoms with E-state index in [0.717, 1.165) is 6.42 Å². The van der Waals surface area contributed by atoms with Crippen molar-refractivity contribution < 1.29 is 14.7 Å². The van der Waals surface area contributed by atoms with Crippen LogP contribution in [-0.2, 0) is 4.79 Å². The van der Waals surface area contributed by atoms with Crippen LogP contribution in [0, 0.1) is 0 Å². The molecular formula is C13H17N5O3. The van der Waals surface area contributed by atoms with Gasteiger partial charge in [0.25, 0.3) is 5.91 Å². The first-order chi connectivity index (χ1) is 10.0. The van der Waals surface area contributed by atoms with Gasteiger partial charge >= 0.3 is 0 Å². The normalized spacial score (nSPS) is 9.57. The Morgan fingerprint density at radius 2 is 1.95 bits per heavy atom. The van der Waals surface area contributed by atoms with Crippen LogP contribution in [0.4, 0.5) is 5.69 Å². The largest absolute Gasteiger partial charge is 0.507 e. The Bertz CT molecular complexity index is 567. The highest BCUT2D eigenvalue weighted by molar-refractivity contribution is 5.97. The van der Waals surface area contributed by atoms with Crippen molar-refractivity contribution in [3.05, 3.63) is 34.2 Å². The van der Waals surface area contributed by atoms with Crippen LogP contribution in [0.2, 0.25) is 0 Å². The van der Waals surface area contributed by atoms with Crippen LogP contribution in [0.1, 0.15) is 30.1 Å². The lowest BCUT2D eigenvalue weighted by Crippen LogP contribution is -2.26. The summed E-state index contributed by atoms with van der Waals surface area (Å²) in [5.41, 5.74) is 8.64. The molecular weight excluding hydrogens is 274 g/mol. The Morgan fingerprint density at radius 1 is 1.29 bits per heavy atom. The predicted molar refractivity (Wildman–Crippen MR) is 77.2 cm³/mol. The van der Waals surface area contributed by atoms with E-state index in [1.165, 1.54) is 25.1 Å². The number of nitrogens with one attached hydrogen (secondary N) is 2. The summed E-state index contributed by atoms with van der Waals surface area (Å²) in [4.78, 5) is 25.1. The minimum atomic E-state index is -0.403. The molecule has 0 unspecified atom stereocenters. The van der Waals surface area contributed by atoms with Crippen molar-refractivity contribution >= 4 is 17.5 Å². The van der Waals surface area contributed by atoms with Crippen LogP contribution in [0.3, 0.4) is 0 Å². The zero-order valence-corrected chi connectivity index (χ0v) is 11.7. The molecule has 0 aliphatic rings. The molecule has 0 fully saturated rings. The first kappa shape index (κ1) is 16.3. The van der Waals surface area contributed by atoms with E-state index in [1.807, 2.05) is 0 Å². The molecule has 0 saturated heterocycles. The molecule has 21 heavy (non-hydrogen) atoms. The van der Waals surface area contributed by atoms with Crippen molar-refractivity contribution in [2.45, 2.75) is 19.8 Å². The first-order valence-electron chi connectivity index (χ1n) is 6.45. The average Bonchev–Trinajstić information content (AvgIpc) is 2.42. The Labute approximate surface area is 121 Å². The molecule has 2 amide bonds. The molecule has 8 nitrogen and oxygen atoms in total. The Balaban J connectivity index is 2.42. The summed E-state index contributed by atoms with van der Waals surface area (Å²) in [6.07, 6.45) is 1.46. The summed E-state index contributed by atoms with van der Waals surface area (Å²) in [6, 6.07) is 4.07. The maximum absolute atomic E-state index is 11.8. The number of nitrogens with zero attached hydrogens (tertiary/aromatic N) is 3. The third kappa shape index (κ3) is 5.84. The van der Waals surface area contributed by atoms with Crippen LogP contribution >= 0.6 is 0 Å². The van der Waals surface area contributed by atoms with Crippen LogP contribution in [0.25, 0.3) is 10.4 Å². The smallest absolute Gasteiger partial charge is 0.255 e. The molecule has 1 rings (SSSR count). The molecule has 0 spiro atoms. The predicted octanol–water partition coefficient (Wildman–Crippen LogP) is 1.98. The van der Waals surface area contributed by atoms with Crippen molar-refractivity contribution in [1.82, 2.24) is 10.6 Å². The van der Waals surface area contributed by atoms with Gasteiger partial charge < -0.3 is 15.7 Å². The van der Waals surface area contributed by atoms with Gasteiger partial charge in [-0.15, -0.1) is 0 Å². The standard InChI is InChI=1S/C13H17N5O3/c1-9(19)15-6-2-3-7-16-13(21)11-5-4-10(17-18-14)8-12(11)20/h4-5,8,20H,2-3,6-7H2,1H3,(H,15,19)(H,16,21). The average molecular weight is 291 g/mol. The molecule has 0 aliphatic heterocycles. The summed E-state index contributed by atoms with van der Waals surface area (Å²) < 4.78 is 0. The van der Waals surface area contributed by atoms with Crippen LogP contribution in [0.15, 0.2) is 23.3 Å². The van der Waals surface area contributed by atoms with Crippen molar-refractivity contribution in [1.29, 1.82) is 0 Å². The molecule has 0 atom stereocenters. The number of carbonyl (C=O) groups is 2. The number of phenols is 1. The molecule has 1 aromatic rings. The van der Waals surface area contributed by atoms with Crippen LogP contribution in [0.5, 0.6) is 5.75 Å². The highest BCUT2D eigenvalue weighted by atomic mass is 16.3. The lowest BCUT2D eigenvalue weighted by Gasteiger charge is -2.07. The highest BCUT2D eigenvalue weighted by Gasteiger charge is 2.10. The van der Waals surface area contributed by atoms with Crippen LogP contribution < -0.4 is 10.6 Å². The van der Waals surface area contributed by atoms with E-state index >= 15 is 0 Å². The molecule has 0 saturated carbocycles. The van der Waals surface area contributed by atoms with Gasteiger partial charge in [-0.2, -0.15) is 0 Å². The molecule has 0 bridgehead atoms. The first-order valence-corrected chi connectivity index (χ1v) is 6.45. The van der Waals surface area contributed by atoms with Crippen LogP contribution in [-0.4, -0.2) is 30.0 Å². The summed E-state index contributed by atoms with van der Waals surface area (Å²) in [6.45, 7) is 2.46. The molecule has 0 aliphatic carbocycles. The lowest BCUT2D eigenvalue weighted by molar-refractivity contribution is -0.118. The fourth-order valence-corrected chi connectivity index (χ4v) is 1.64. The van der Waals surface area contributed by atoms with Crippen molar-refractivity contribution in [2.24, 2.45) is 5.11 Å². The molecule has 1 aromatic carbocycles. The lowest BCUT2D eigenvalue weighted by atomic mass is 10.1. The summed E-state index contributed by atoms with van der Waals surface area (Å²) in [5.74, 6) is -0.723. The number of aromatic hydroxyl groups is 1. The Hall–Kier alpha value is -2.73. The number of amides is 2. The maximum atomic E-state index is 11.8. The fourth-order valence-electron chi connectivity index (χ4n) is 1.64. The van der Waals surface area contributed by atoms with E-state index in [9.17, 15) is 14.7 Å². The SMILES string of the molecule is CC(=O)NCCCCNC(=O)c1ccc(N=[N+]=[N-])cc1O. The van der Waals surface area contributed by atoms with Gasteiger partial charge in [-0.25, -0.2) is 0 Å². The zero-order valence-electron chi connectivity index (χ0n) is 11.7. The second kappa shape index (κ2) is 8.44. The van der Waals surface area contributed by atoms with Gasteiger partial charge in [0.05, 0.1) is 5.56 Å². The van der Waals surface area contributed by atoms with Crippen molar-refractivity contribution in [2.75, 3.05) is 13.1 Å². The molecule has 3 N–H and O–H groups in total. The van der Waals surface area contributed by atoms with Gasteiger partial charge in [-0.05, 0) is 30.5 Å². The molecule has 112 valence electrons. The minimum Gasteiger partial charge on any atom is -0.507 e. The molecule has 0 heterocycles. The number of rotatable bonds is 7. The second-order valence-electron chi connectivity index (χ2n) is 4.34. The zero-order chi connectivity index (χ0) is 15.7. The van der Waals surface area contributed by atoms with Gasteiger partial charge in [-0.1, -0.05) is 11.2 Å². The van der Waals surface area contributed by atoms with Gasteiger partial charge in [0.2, 0.25) is 5.91 Å². The highest BCUT2D eigenvalue weighted by Crippen LogP contribution is 2.23. The minimum absolute atomic E-state index is 0.0796. The fraction of sp³-hybridized carbons (Fsp3) is 0.385. The van der Waals surface area contributed by atoms with E-state index in [4.69, 9.17) is 5.53 Å². The van der Waals surface area contributed by atoms with Gasteiger partial charge in [0, 0.05) is 30.6 Å². The number of hydrogen-bond donors (Lipinski definition) is 3. The Kier molecular flexibility index (Phi) is 6.56. The monoisotopic (exact) mass is 291 g/mol. The van der Waals surface area contributed by atoms with E-state index in [0.29, 0.717) is 19.5 Å². The van der Waals surface area contributed by atoms with E-state index < -0.39 is 5.91 Å².